The Bertz CT molecular complexity index is 799. The molecular formula is C17H18N4O2. The van der Waals surface area contributed by atoms with Crippen LogP contribution in [0.2, 0.25) is 0 Å². The number of nitrogens with zero attached hydrogens (tertiary/aromatic N) is 3. The third kappa shape index (κ3) is 3.48. The molecule has 3 aromatic heterocycles. The third-order valence-electron chi connectivity index (χ3n) is 3.49. The van der Waals surface area contributed by atoms with Gasteiger partial charge in [0.1, 0.15) is 17.1 Å². The Morgan fingerprint density at radius 3 is 3.00 bits per heavy atom. The van der Waals surface area contributed by atoms with Crippen LogP contribution in [0.3, 0.4) is 0 Å². The van der Waals surface area contributed by atoms with Gasteiger partial charge in [0.2, 0.25) is 0 Å². The van der Waals surface area contributed by atoms with E-state index in [9.17, 15) is 4.79 Å². The number of carbonyl (C=O) groups is 1. The number of imidazole rings is 1. The van der Waals surface area contributed by atoms with Crippen LogP contribution < -0.4 is 10.1 Å². The van der Waals surface area contributed by atoms with Gasteiger partial charge in [0.15, 0.2) is 0 Å². The Morgan fingerprint density at radius 2 is 2.22 bits per heavy atom. The summed E-state index contributed by atoms with van der Waals surface area (Å²) in [5.41, 5.74) is 2.07. The second-order valence-corrected chi connectivity index (χ2v) is 5.12. The molecule has 118 valence electrons. The van der Waals surface area contributed by atoms with Gasteiger partial charge in [-0.05, 0) is 37.6 Å². The van der Waals surface area contributed by atoms with Crippen LogP contribution in [-0.4, -0.2) is 33.4 Å². The number of ether oxygens (including phenoxy) is 1. The van der Waals surface area contributed by atoms with Crippen molar-refractivity contribution < 1.29 is 9.53 Å². The van der Waals surface area contributed by atoms with Gasteiger partial charge in [-0.2, -0.15) is 0 Å². The number of rotatable bonds is 6. The highest BCUT2D eigenvalue weighted by atomic mass is 16.5. The van der Waals surface area contributed by atoms with E-state index in [1.54, 1.807) is 12.4 Å². The monoisotopic (exact) mass is 310 g/mol. The van der Waals surface area contributed by atoms with Crippen molar-refractivity contribution in [3.63, 3.8) is 0 Å². The van der Waals surface area contributed by atoms with Gasteiger partial charge in [-0.25, -0.2) is 4.98 Å². The highest BCUT2D eigenvalue weighted by Gasteiger charge is 2.14. The summed E-state index contributed by atoms with van der Waals surface area (Å²) < 4.78 is 7.43. The first-order valence-electron chi connectivity index (χ1n) is 7.50. The minimum Gasteiger partial charge on any atom is -0.492 e. The minimum absolute atomic E-state index is 0.160. The van der Waals surface area contributed by atoms with Crippen molar-refractivity contribution in [2.75, 3.05) is 13.2 Å². The summed E-state index contributed by atoms with van der Waals surface area (Å²) in [4.78, 5) is 20.6. The van der Waals surface area contributed by atoms with Gasteiger partial charge in [0.05, 0.1) is 18.5 Å². The van der Waals surface area contributed by atoms with Crippen molar-refractivity contribution in [3.05, 3.63) is 60.3 Å². The highest BCUT2D eigenvalue weighted by molar-refractivity contribution is 5.94. The summed E-state index contributed by atoms with van der Waals surface area (Å²) >= 11 is 0. The zero-order chi connectivity index (χ0) is 16.1. The molecule has 6 nitrogen and oxygen atoms in total. The van der Waals surface area contributed by atoms with Crippen molar-refractivity contribution in [2.24, 2.45) is 0 Å². The maximum Gasteiger partial charge on any atom is 0.271 e. The number of fused-ring (bicyclic) bond motifs is 1. The van der Waals surface area contributed by atoms with Crippen molar-refractivity contribution in [2.45, 2.75) is 13.3 Å². The van der Waals surface area contributed by atoms with E-state index in [0.29, 0.717) is 25.3 Å². The first kappa shape index (κ1) is 15.0. The summed E-state index contributed by atoms with van der Waals surface area (Å²) in [5.74, 6) is 0.572. The van der Waals surface area contributed by atoms with Crippen LogP contribution in [0.15, 0.2) is 48.9 Å². The van der Waals surface area contributed by atoms with Gasteiger partial charge in [-0.15, -0.1) is 0 Å². The number of amides is 1. The SMILES string of the molecule is Cc1c(C(=O)NCCCOc2cccnc2)nc2ccccn12. The number of aromatic nitrogens is 3. The number of carbonyl (C=O) groups excluding carboxylic acids is 1. The Kier molecular flexibility index (Phi) is 4.52. The predicted molar refractivity (Wildman–Crippen MR) is 86.6 cm³/mol. The van der Waals surface area contributed by atoms with Crippen molar-refractivity contribution in [3.8, 4) is 5.75 Å². The smallest absolute Gasteiger partial charge is 0.271 e. The van der Waals surface area contributed by atoms with Crippen LogP contribution in [0, 0.1) is 6.92 Å². The van der Waals surface area contributed by atoms with Gasteiger partial charge in [-0.3, -0.25) is 9.78 Å². The number of aryl methyl sites for hydroxylation is 1. The van der Waals surface area contributed by atoms with E-state index in [1.165, 1.54) is 0 Å². The average Bonchev–Trinajstić information content (AvgIpc) is 2.93. The summed E-state index contributed by atoms with van der Waals surface area (Å²) in [6, 6.07) is 9.37. The molecule has 1 N–H and O–H groups in total. The highest BCUT2D eigenvalue weighted by Crippen LogP contribution is 2.11. The third-order valence-corrected chi connectivity index (χ3v) is 3.49. The van der Waals surface area contributed by atoms with Crippen LogP contribution in [0.25, 0.3) is 5.65 Å². The number of hydrogen-bond donors (Lipinski definition) is 1. The minimum atomic E-state index is -0.160. The molecule has 0 aliphatic rings. The van der Waals surface area contributed by atoms with E-state index >= 15 is 0 Å². The fourth-order valence-corrected chi connectivity index (χ4v) is 2.31. The number of pyridine rings is 2. The van der Waals surface area contributed by atoms with E-state index in [-0.39, 0.29) is 5.91 Å². The molecule has 0 aliphatic heterocycles. The molecule has 0 bridgehead atoms. The number of hydrogen-bond acceptors (Lipinski definition) is 4. The van der Waals surface area contributed by atoms with Gasteiger partial charge in [0, 0.05) is 18.9 Å². The predicted octanol–water partition coefficient (Wildman–Crippen LogP) is 2.24. The second kappa shape index (κ2) is 6.91. The van der Waals surface area contributed by atoms with Crippen LogP contribution in [0.5, 0.6) is 5.75 Å². The van der Waals surface area contributed by atoms with E-state index in [0.717, 1.165) is 17.1 Å². The van der Waals surface area contributed by atoms with Crippen LogP contribution >= 0.6 is 0 Å². The lowest BCUT2D eigenvalue weighted by atomic mass is 10.3. The zero-order valence-electron chi connectivity index (χ0n) is 12.9. The Morgan fingerprint density at radius 1 is 1.30 bits per heavy atom. The molecule has 3 heterocycles. The molecule has 0 saturated heterocycles. The normalized spacial score (nSPS) is 10.7. The molecule has 0 spiro atoms. The van der Waals surface area contributed by atoms with E-state index in [1.807, 2.05) is 47.9 Å². The molecule has 3 aromatic rings. The maximum atomic E-state index is 12.2. The summed E-state index contributed by atoms with van der Waals surface area (Å²) in [7, 11) is 0. The first-order valence-corrected chi connectivity index (χ1v) is 7.50. The molecule has 6 heteroatoms. The molecule has 23 heavy (non-hydrogen) atoms. The maximum absolute atomic E-state index is 12.2. The Balaban J connectivity index is 1.50. The Hall–Kier alpha value is -2.89. The van der Waals surface area contributed by atoms with Crippen molar-refractivity contribution in [1.82, 2.24) is 19.7 Å². The van der Waals surface area contributed by atoms with Crippen molar-refractivity contribution >= 4 is 11.6 Å². The van der Waals surface area contributed by atoms with Crippen molar-refractivity contribution in [1.29, 1.82) is 0 Å². The topological polar surface area (TPSA) is 68.5 Å². The molecule has 0 aromatic carbocycles. The molecule has 0 aliphatic carbocycles. The molecule has 0 fully saturated rings. The quantitative estimate of drug-likeness (QED) is 0.709. The molecule has 3 rings (SSSR count). The van der Waals surface area contributed by atoms with E-state index in [2.05, 4.69) is 15.3 Å². The zero-order valence-corrected chi connectivity index (χ0v) is 12.9. The Labute approximate surface area is 134 Å². The summed E-state index contributed by atoms with van der Waals surface area (Å²) in [6.07, 6.45) is 5.98. The lowest BCUT2D eigenvalue weighted by molar-refractivity contribution is 0.0946. The first-order chi connectivity index (χ1) is 11.3. The van der Waals surface area contributed by atoms with Crippen LogP contribution in [-0.2, 0) is 0 Å². The van der Waals surface area contributed by atoms with Gasteiger partial charge in [0.25, 0.3) is 5.91 Å². The van der Waals surface area contributed by atoms with Crippen LogP contribution in [0.4, 0.5) is 0 Å². The fourth-order valence-electron chi connectivity index (χ4n) is 2.31. The molecule has 0 saturated carbocycles. The largest absolute Gasteiger partial charge is 0.492 e. The van der Waals surface area contributed by atoms with E-state index in [4.69, 9.17) is 4.74 Å². The lowest BCUT2D eigenvalue weighted by Gasteiger charge is -2.06. The van der Waals surface area contributed by atoms with E-state index < -0.39 is 0 Å². The van der Waals surface area contributed by atoms with Crippen LogP contribution in [0.1, 0.15) is 22.6 Å². The van der Waals surface area contributed by atoms with Gasteiger partial charge in [-0.1, -0.05) is 6.07 Å². The summed E-state index contributed by atoms with van der Waals surface area (Å²) in [5, 5.41) is 2.88. The van der Waals surface area contributed by atoms with Gasteiger partial charge < -0.3 is 14.5 Å². The number of nitrogens with one attached hydrogen (secondary N) is 1. The fraction of sp³-hybridized carbons (Fsp3) is 0.235. The standard InChI is InChI=1S/C17H18N4O2/c1-13-16(20-15-7-2-3-10-21(13)15)17(22)19-9-5-11-23-14-6-4-8-18-12-14/h2-4,6-8,10,12H,5,9,11H2,1H3,(H,19,22). The molecule has 0 atom stereocenters. The van der Waals surface area contributed by atoms with Gasteiger partial charge >= 0.3 is 0 Å². The summed E-state index contributed by atoms with van der Waals surface area (Å²) in [6.45, 7) is 2.95. The molecule has 1 amide bonds. The lowest BCUT2D eigenvalue weighted by Crippen LogP contribution is -2.26. The molecule has 0 radical (unpaired) electrons. The molecule has 0 unspecified atom stereocenters. The molecular weight excluding hydrogens is 292 g/mol. The second-order valence-electron chi connectivity index (χ2n) is 5.12. The average molecular weight is 310 g/mol.